The molecule has 2 aliphatic rings. The first-order chi connectivity index (χ1) is 13.5. The Hall–Kier alpha value is -3.61. The number of allylic oxidation sites excluding steroid dienone is 2. The van der Waals surface area contributed by atoms with Gasteiger partial charge in [-0.1, -0.05) is 30.4 Å². The summed E-state index contributed by atoms with van der Waals surface area (Å²) < 4.78 is 0. The Morgan fingerprint density at radius 1 is 1.04 bits per heavy atom. The summed E-state index contributed by atoms with van der Waals surface area (Å²) in [4.78, 5) is 37.8. The number of hydrogen-bond donors (Lipinski definition) is 3. The average molecular weight is 377 g/mol. The van der Waals surface area contributed by atoms with Crippen LogP contribution in [0.5, 0.6) is 5.75 Å². The highest BCUT2D eigenvalue weighted by Crippen LogP contribution is 2.32. The smallest absolute Gasteiger partial charge is 0.255 e. The first-order valence-corrected chi connectivity index (χ1v) is 9.03. The number of hydrogen-bond acceptors (Lipinski definition) is 4. The topological polar surface area (TPSA) is 98.7 Å². The number of benzene rings is 2. The molecule has 1 saturated heterocycles. The van der Waals surface area contributed by atoms with Crippen LogP contribution >= 0.6 is 0 Å². The van der Waals surface area contributed by atoms with E-state index in [1.54, 1.807) is 36.4 Å². The van der Waals surface area contributed by atoms with Crippen LogP contribution in [0.2, 0.25) is 0 Å². The predicted molar refractivity (Wildman–Crippen MR) is 103 cm³/mol. The van der Waals surface area contributed by atoms with Crippen LogP contribution < -0.4 is 15.8 Å². The third-order valence-corrected chi connectivity index (χ3v) is 5.05. The number of carbonyl (C=O) groups is 3. The molecule has 0 radical (unpaired) electrons. The van der Waals surface area contributed by atoms with Gasteiger partial charge in [0.2, 0.25) is 11.8 Å². The number of aromatic hydroxyl groups is 1. The summed E-state index contributed by atoms with van der Waals surface area (Å²) >= 11 is 0. The highest BCUT2D eigenvalue weighted by molar-refractivity contribution is 6.07. The molecule has 28 heavy (non-hydrogen) atoms. The van der Waals surface area contributed by atoms with Crippen LogP contribution in [0, 0.1) is 11.8 Å². The summed E-state index contributed by atoms with van der Waals surface area (Å²) in [5.41, 5.74) is 3.65. The first-order valence-electron chi connectivity index (χ1n) is 9.03. The Morgan fingerprint density at radius 3 is 2.57 bits per heavy atom. The summed E-state index contributed by atoms with van der Waals surface area (Å²) in [6.45, 7) is 0. The quantitative estimate of drug-likeness (QED) is 0.566. The van der Waals surface area contributed by atoms with Gasteiger partial charge in [0.05, 0.1) is 23.2 Å². The Labute approximate surface area is 161 Å². The van der Waals surface area contributed by atoms with Gasteiger partial charge in [-0.2, -0.15) is 0 Å². The molecular weight excluding hydrogens is 358 g/mol. The minimum atomic E-state index is -0.433. The lowest BCUT2D eigenvalue weighted by Gasteiger charge is -2.38. The lowest BCUT2D eigenvalue weighted by molar-refractivity contribution is -0.139. The molecule has 1 aliphatic heterocycles. The molecule has 7 nitrogen and oxygen atoms in total. The fourth-order valence-corrected chi connectivity index (χ4v) is 3.54. The predicted octanol–water partition coefficient (Wildman–Crippen LogP) is 2.60. The second-order valence-corrected chi connectivity index (χ2v) is 6.83. The van der Waals surface area contributed by atoms with Crippen molar-refractivity contribution < 1.29 is 19.5 Å². The number of carbonyl (C=O) groups excluding carboxylic acids is 3. The van der Waals surface area contributed by atoms with E-state index in [1.807, 2.05) is 12.2 Å². The zero-order chi connectivity index (χ0) is 19.7. The van der Waals surface area contributed by atoms with Gasteiger partial charge in [0, 0.05) is 5.56 Å². The summed E-state index contributed by atoms with van der Waals surface area (Å²) in [7, 11) is 0. The van der Waals surface area contributed by atoms with Gasteiger partial charge in [-0.15, -0.1) is 0 Å². The highest BCUT2D eigenvalue weighted by atomic mass is 16.3. The van der Waals surface area contributed by atoms with E-state index in [4.69, 9.17) is 0 Å². The molecule has 0 unspecified atom stereocenters. The average Bonchev–Trinajstić information content (AvgIpc) is 2.72. The van der Waals surface area contributed by atoms with Gasteiger partial charge in [0.15, 0.2) is 0 Å². The third-order valence-electron chi connectivity index (χ3n) is 5.05. The van der Waals surface area contributed by atoms with E-state index >= 15 is 0 Å². The van der Waals surface area contributed by atoms with Crippen LogP contribution in [0.1, 0.15) is 23.2 Å². The Bertz CT molecular complexity index is 985. The van der Waals surface area contributed by atoms with Crippen molar-refractivity contribution in [3.05, 3.63) is 66.2 Å². The van der Waals surface area contributed by atoms with Gasteiger partial charge in [-0.05, 0) is 43.2 Å². The molecule has 1 fully saturated rings. The third kappa shape index (κ3) is 3.22. The normalized spacial score (nSPS) is 21.1. The maximum absolute atomic E-state index is 12.9. The van der Waals surface area contributed by atoms with Crippen molar-refractivity contribution in [3.8, 4) is 5.75 Å². The number of phenols is 1. The maximum atomic E-state index is 12.9. The molecule has 2 aromatic carbocycles. The molecule has 0 bridgehead atoms. The number of hydrazine groups is 1. The molecule has 2 aromatic rings. The van der Waals surface area contributed by atoms with Crippen molar-refractivity contribution in [2.75, 3.05) is 10.3 Å². The number of para-hydroxylation sites is 2. The molecule has 0 saturated carbocycles. The number of nitrogens with zero attached hydrogens (tertiary/aromatic N) is 1. The van der Waals surface area contributed by atoms with Gasteiger partial charge in [-0.3, -0.25) is 19.8 Å². The monoisotopic (exact) mass is 377 g/mol. The minimum absolute atomic E-state index is 0.0399. The van der Waals surface area contributed by atoms with E-state index in [-0.39, 0.29) is 29.2 Å². The summed E-state index contributed by atoms with van der Waals surface area (Å²) in [5, 5.41) is 13.7. The number of amides is 3. The zero-order valence-electron chi connectivity index (χ0n) is 15.0. The summed E-state index contributed by atoms with van der Waals surface area (Å²) in [6, 6.07) is 12.8. The fraction of sp³-hybridized carbons (Fsp3) is 0.190. The number of anilines is 2. The largest absolute Gasteiger partial charge is 0.506 e. The van der Waals surface area contributed by atoms with E-state index in [9.17, 15) is 19.5 Å². The van der Waals surface area contributed by atoms with Gasteiger partial charge in [-0.25, -0.2) is 5.01 Å². The Kier molecular flexibility index (Phi) is 4.57. The Balaban J connectivity index is 1.57. The minimum Gasteiger partial charge on any atom is -0.506 e. The second-order valence-electron chi connectivity index (χ2n) is 6.83. The SMILES string of the molecule is O=C(Nc1ccccc1O)c1cccc(N2NC(=O)[C@H]3CC=CC[C@@H]3C2=O)c1. The lowest BCUT2D eigenvalue weighted by atomic mass is 9.80. The maximum Gasteiger partial charge on any atom is 0.255 e. The number of phenolic OH excluding ortho intramolecular Hbond substituents is 1. The second kappa shape index (κ2) is 7.19. The van der Waals surface area contributed by atoms with Crippen LogP contribution in [0.15, 0.2) is 60.7 Å². The molecule has 1 aliphatic carbocycles. The van der Waals surface area contributed by atoms with E-state index in [1.165, 1.54) is 17.1 Å². The van der Waals surface area contributed by atoms with Crippen molar-refractivity contribution in [2.45, 2.75) is 12.8 Å². The van der Waals surface area contributed by atoms with Gasteiger partial charge < -0.3 is 10.4 Å². The van der Waals surface area contributed by atoms with Crippen molar-refractivity contribution >= 4 is 29.1 Å². The molecule has 1 heterocycles. The van der Waals surface area contributed by atoms with Crippen LogP contribution in [-0.2, 0) is 9.59 Å². The van der Waals surface area contributed by atoms with Gasteiger partial charge in [0.25, 0.3) is 5.91 Å². The van der Waals surface area contributed by atoms with Crippen molar-refractivity contribution in [3.63, 3.8) is 0 Å². The molecule has 0 aromatic heterocycles. The molecule has 2 atom stereocenters. The number of rotatable bonds is 3. The molecule has 7 heteroatoms. The van der Waals surface area contributed by atoms with Crippen molar-refractivity contribution in [2.24, 2.45) is 11.8 Å². The van der Waals surface area contributed by atoms with Crippen LogP contribution in [0.25, 0.3) is 0 Å². The first kappa shape index (κ1) is 17.8. The highest BCUT2D eigenvalue weighted by Gasteiger charge is 2.42. The van der Waals surface area contributed by atoms with E-state index < -0.39 is 11.8 Å². The standard InChI is InChI=1S/C21H19N3O4/c25-18-11-4-3-10-17(18)22-19(26)13-6-5-7-14(12-13)24-21(28)16-9-2-1-8-15(16)20(27)23-24/h1-7,10-12,15-16,25H,8-9H2,(H,22,26)(H,23,27)/t15-,16-/m0/s1. The molecular formula is C21H19N3O4. The molecule has 142 valence electrons. The van der Waals surface area contributed by atoms with Gasteiger partial charge >= 0.3 is 0 Å². The number of fused-ring (bicyclic) bond motifs is 1. The van der Waals surface area contributed by atoms with Crippen molar-refractivity contribution in [1.82, 2.24) is 5.43 Å². The van der Waals surface area contributed by atoms with Crippen LogP contribution in [-0.4, -0.2) is 22.8 Å². The van der Waals surface area contributed by atoms with Gasteiger partial charge in [0.1, 0.15) is 5.75 Å². The van der Waals surface area contributed by atoms with Crippen LogP contribution in [0.4, 0.5) is 11.4 Å². The molecule has 0 spiro atoms. The van der Waals surface area contributed by atoms with E-state index in [0.717, 1.165) is 0 Å². The Morgan fingerprint density at radius 2 is 1.79 bits per heavy atom. The van der Waals surface area contributed by atoms with Crippen molar-refractivity contribution in [1.29, 1.82) is 0 Å². The zero-order valence-corrected chi connectivity index (χ0v) is 15.0. The van der Waals surface area contributed by atoms with Crippen LogP contribution in [0.3, 0.4) is 0 Å². The fourth-order valence-electron chi connectivity index (χ4n) is 3.54. The summed E-state index contributed by atoms with van der Waals surface area (Å²) in [5.74, 6) is -1.59. The molecule has 3 amide bonds. The van der Waals surface area contributed by atoms with E-state index in [2.05, 4.69) is 10.7 Å². The summed E-state index contributed by atoms with van der Waals surface area (Å²) in [6.07, 6.45) is 4.93. The van der Waals surface area contributed by atoms with E-state index in [0.29, 0.717) is 24.1 Å². The lowest BCUT2D eigenvalue weighted by Crippen LogP contribution is -2.59. The number of nitrogens with one attached hydrogen (secondary N) is 2. The molecule has 3 N–H and O–H groups in total. The molecule has 4 rings (SSSR count).